The van der Waals surface area contributed by atoms with E-state index in [4.69, 9.17) is 11.6 Å². The summed E-state index contributed by atoms with van der Waals surface area (Å²) in [5, 5.41) is 5.57. The Kier molecular flexibility index (Phi) is 7.49. The van der Waals surface area contributed by atoms with Crippen LogP contribution in [0.1, 0.15) is 22.3 Å². The van der Waals surface area contributed by atoms with Crippen molar-refractivity contribution in [1.82, 2.24) is 0 Å². The molecule has 9 aromatic carbocycles. The van der Waals surface area contributed by atoms with Gasteiger partial charge in [-0.2, -0.15) is 0 Å². The topological polar surface area (TPSA) is 3.24 Å². The smallest absolute Gasteiger partial charge is 0.0719 e. The van der Waals surface area contributed by atoms with Gasteiger partial charge in [0.15, 0.2) is 0 Å². The molecular weight excluding hydrogens is 662 g/mol. The average Bonchev–Trinajstić information content (AvgIpc) is 3.53. The normalized spacial score (nSPS) is 12.8. The highest BCUT2D eigenvalue weighted by Crippen LogP contribution is 2.58. The fourth-order valence-corrected chi connectivity index (χ4v) is 8.95. The van der Waals surface area contributed by atoms with Gasteiger partial charge in [0.2, 0.25) is 0 Å². The van der Waals surface area contributed by atoms with Crippen LogP contribution in [-0.2, 0) is 5.41 Å². The lowest BCUT2D eigenvalue weighted by molar-refractivity contribution is 0.776. The maximum absolute atomic E-state index is 7.11. The van der Waals surface area contributed by atoms with Crippen molar-refractivity contribution in [1.29, 1.82) is 0 Å². The maximum Gasteiger partial charge on any atom is 0.0719 e. The molecule has 250 valence electrons. The Bertz CT molecular complexity index is 2750. The minimum absolute atomic E-state index is 0.537. The number of para-hydroxylation sites is 1. The molecule has 0 amide bonds. The fraction of sp³-hybridized carbons (Fsp3) is 0.0196. The molecule has 0 saturated carbocycles. The predicted octanol–water partition coefficient (Wildman–Crippen LogP) is 14.1. The summed E-state index contributed by atoms with van der Waals surface area (Å²) < 4.78 is 0. The van der Waals surface area contributed by atoms with Crippen LogP contribution in [0, 0.1) is 0 Å². The summed E-state index contributed by atoms with van der Waals surface area (Å²) in [5.74, 6) is 0. The number of fused-ring (bicyclic) bond motifs is 6. The van der Waals surface area contributed by atoms with Gasteiger partial charge in [0, 0.05) is 21.8 Å². The maximum atomic E-state index is 7.11. The van der Waals surface area contributed by atoms with Crippen LogP contribution in [0.3, 0.4) is 0 Å². The Morgan fingerprint density at radius 3 is 1.70 bits per heavy atom. The number of nitrogens with zero attached hydrogens (tertiary/aromatic N) is 1. The summed E-state index contributed by atoms with van der Waals surface area (Å²) in [6, 6.07) is 74.6. The van der Waals surface area contributed by atoms with E-state index in [-0.39, 0.29) is 0 Å². The second-order valence-electron chi connectivity index (χ2n) is 13.8. The van der Waals surface area contributed by atoms with E-state index in [1.165, 1.54) is 54.9 Å². The zero-order valence-electron chi connectivity index (χ0n) is 29.0. The molecule has 0 aliphatic heterocycles. The zero-order chi connectivity index (χ0) is 35.4. The molecule has 0 bridgehead atoms. The number of anilines is 3. The first kappa shape index (κ1) is 31.3. The van der Waals surface area contributed by atoms with Crippen molar-refractivity contribution in [2.24, 2.45) is 0 Å². The van der Waals surface area contributed by atoms with Crippen molar-refractivity contribution in [3.63, 3.8) is 0 Å². The molecule has 0 unspecified atom stereocenters. The average molecular weight is 696 g/mol. The summed E-state index contributed by atoms with van der Waals surface area (Å²) in [7, 11) is 0. The highest BCUT2D eigenvalue weighted by atomic mass is 35.5. The van der Waals surface area contributed by atoms with Gasteiger partial charge in [-0.05, 0) is 103 Å². The van der Waals surface area contributed by atoms with E-state index < -0.39 is 5.41 Å². The van der Waals surface area contributed by atoms with Gasteiger partial charge in [0.05, 0.1) is 11.1 Å². The van der Waals surface area contributed by atoms with Crippen molar-refractivity contribution >= 4 is 50.2 Å². The van der Waals surface area contributed by atoms with Crippen LogP contribution >= 0.6 is 11.6 Å². The first-order valence-corrected chi connectivity index (χ1v) is 18.5. The van der Waals surface area contributed by atoms with Crippen molar-refractivity contribution < 1.29 is 0 Å². The van der Waals surface area contributed by atoms with Crippen LogP contribution in [0.25, 0.3) is 43.8 Å². The molecule has 0 spiro atoms. The molecule has 0 fully saturated rings. The summed E-state index contributed by atoms with van der Waals surface area (Å²) >= 11 is 7.11. The zero-order valence-corrected chi connectivity index (χ0v) is 29.7. The summed E-state index contributed by atoms with van der Waals surface area (Å²) in [4.78, 5) is 2.32. The van der Waals surface area contributed by atoms with Gasteiger partial charge in [0.25, 0.3) is 0 Å². The van der Waals surface area contributed by atoms with Crippen LogP contribution in [0.2, 0.25) is 5.02 Å². The number of benzene rings is 9. The largest absolute Gasteiger partial charge is 0.310 e. The lowest BCUT2D eigenvalue weighted by Gasteiger charge is -2.35. The van der Waals surface area contributed by atoms with Crippen LogP contribution < -0.4 is 4.90 Å². The number of halogens is 1. The van der Waals surface area contributed by atoms with Gasteiger partial charge in [-0.3, -0.25) is 0 Å². The van der Waals surface area contributed by atoms with E-state index in [0.29, 0.717) is 5.02 Å². The highest BCUT2D eigenvalue weighted by molar-refractivity contribution is 6.31. The first-order valence-electron chi connectivity index (χ1n) is 18.1. The molecule has 1 nitrogen and oxygen atoms in total. The second kappa shape index (κ2) is 12.7. The third-order valence-corrected chi connectivity index (χ3v) is 11.1. The quantitative estimate of drug-likeness (QED) is 0.167. The molecule has 0 aromatic heterocycles. The van der Waals surface area contributed by atoms with Crippen molar-refractivity contribution in [2.75, 3.05) is 4.90 Å². The minimum atomic E-state index is -0.537. The Balaban J connectivity index is 1.23. The molecule has 0 saturated heterocycles. The molecule has 2 heteroatoms. The van der Waals surface area contributed by atoms with E-state index in [0.717, 1.165) is 28.2 Å². The van der Waals surface area contributed by atoms with Crippen molar-refractivity contribution in [3.8, 4) is 22.3 Å². The third-order valence-electron chi connectivity index (χ3n) is 10.9. The summed E-state index contributed by atoms with van der Waals surface area (Å²) in [5.41, 5.74) is 12.4. The number of hydrogen-bond acceptors (Lipinski definition) is 1. The molecule has 1 aliphatic rings. The van der Waals surface area contributed by atoms with Gasteiger partial charge in [-0.25, -0.2) is 0 Å². The standard InChI is InChI=1S/C51H34ClN/c52-41-31-38(32-43(34-41)53(42-22-8-3-9-23-42)49-26-14-17-35-15-10-12-24-44(35)49)37-28-29-46-47-30-27-36-16-11-13-25-45(36)50(47)51(48(46)33-37,39-18-4-1-5-19-39)40-20-6-2-7-21-40/h1-34H. The molecule has 53 heavy (non-hydrogen) atoms. The monoisotopic (exact) mass is 695 g/mol. The molecule has 9 aromatic rings. The summed E-state index contributed by atoms with van der Waals surface area (Å²) in [6.07, 6.45) is 0. The minimum Gasteiger partial charge on any atom is -0.310 e. The molecule has 0 atom stereocenters. The van der Waals surface area contributed by atoms with Crippen LogP contribution in [0.5, 0.6) is 0 Å². The van der Waals surface area contributed by atoms with E-state index in [1.807, 2.05) is 0 Å². The van der Waals surface area contributed by atoms with E-state index >= 15 is 0 Å². The Morgan fingerprint density at radius 2 is 0.981 bits per heavy atom. The predicted molar refractivity (Wildman–Crippen MR) is 224 cm³/mol. The van der Waals surface area contributed by atoms with Crippen LogP contribution in [0.4, 0.5) is 17.1 Å². The van der Waals surface area contributed by atoms with E-state index in [9.17, 15) is 0 Å². The third kappa shape index (κ3) is 5.00. The van der Waals surface area contributed by atoms with Gasteiger partial charge >= 0.3 is 0 Å². The van der Waals surface area contributed by atoms with Crippen molar-refractivity contribution in [2.45, 2.75) is 5.41 Å². The SMILES string of the molecule is Clc1cc(-c2ccc3c(c2)C(c2ccccc2)(c2ccccc2)c2c-3ccc3ccccc23)cc(N(c2ccccc2)c2cccc3ccccc23)c1. The lowest BCUT2D eigenvalue weighted by Crippen LogP contribution is -2.28. The van der Waals surface area contributed by atoms with Gasteiger partial charge in [0.1, 0.15) is 0 Å². The molecule has 1 aliphatic carbocycles. The van der Waals surface area contributed by atoms with Crippen LogP contribution in [-0.4, -0.2) is 0 Å². The highest BCUT2D eigenvalue weighted by Gasteiger charge is 2.47. The van der Waals surface area contributed by atoms with Crippen molar-refractivity contribution in [3.05, 3.63) is 234 Å². The summed E-state index contributed by atoms with van der Waals surface area (Å²) in [6.45, 7) is 0. The van der Waals surface area contributed by atoms with E-state index in [2.05, 4.69) is 211 Å². The van der Waals surface area contributed by atoms with Gasteiger partial charge in [-0.1, -0.05) is 175 Å². The Morgan fingerprint density at radius 1 is 0.396 bits per heavy atom. The molecular formula is C51H34ClN. The fourth-order valence-electron chi connectivity index (χ4n) is 8.72. The van der Waals surface area contributed by atoms with Gasteiger partial charge < -0.3 is 4.90 Å². The van der Waals surface area contributed by atoms with Crippen LogP contribution in [0.15, 0.2) is 206 Å². The van der Waals surface area contributed by atoms with E-state index in [1.54, 1.807) is 0 Å². The molecule has 0 N–H and O–H groups in total. The Labute approximate surface area is 315 Å². The molecule has 0 radical (unpaired) electrons. The number of hydrogen-bond donors (Lipinski definition) is 0. The molecule has 0 heterocycles. The molecule has 10 rings (SSSR count). The number of rotatable bonds is 6. The second-order valence-corrected chi connectivity index (χ2v) is 14.3. The first-order chi connectivity index (χ1) is 26.2. The Hall–Kier alpha value is -6.41. The van der Waals surface area contributed by atoms with Gasteiger partial charge in [-0.15, -0.1) is 0 Å². The lowest BCUT2D eigenvalue weighted by atomic mass is 9.66.